The Kier molecular flexibility index (Phi) is 7.14. The predicted molar refractivity (Wildman–Crippen MR) is 82.1 cm³/mol. The molecule has 0 amide bonds. The molecule has 0 aliphatic heterocycles. The third kappa shape index (κ3) is 5.35. The van der Waals surface area contributed by atoms with E-state index < -0.39 is 0 Å². The molecule has 0 N–H and O–H groups in total. The Balaban J connectivity index is 0.00000180. The number of nitrogens with zero attached hydrogens (tertiary/aromatic N) is 1. The molecule has 19 heavy (non-hydrogen) atoms. The standard InChI is InChI=1S/C15H15NS2.Zn/c17-15(18)16(11-13-7-3-1-4-8-13)12-14-9-5-2-6-10-14;/h1-10H,11-12H2,(H,17,18);/p-1. The summed E-state index contributed by atoms with van der Waals surface area (Å²) >= 11 is 10.3. The predicted octanol–water partition coefficient (Wildman–Crippen LogP) is 3.52. The molecule has 2 rings (SSSR count). The summed E-state index contributed by atoms with van der Waals surface area (Å²) in [7, 11) is 0. The largest absolute Gasteiger partial charge is 0.411 e. The van der Waals surface area contributed by atoms with Gasteiger partial charge in [0.05, 0.1) is 0 Å². The molecular formula is C15H14NS2Zn-. The summed E-state index contributed by atoms with van der Waals surface area (Å²) in [5.74, 6) is 0. The third-order valence-electron chi connectivity index (χ3n) is 2.69. The zero-order valence-corrected chi connectivity index (χ0v) is 15.3. The average Bonchev–Trinajstić information content (AvgIpc) is 2.40. The maximum absolute atomic E-state index is 5.16. The van der Waals surface area contributed by atoms with Crippen molar-refractivity contribution in [2.24, 2.45) is 0 Å². The minimum atomic E-state index is 0. The molecule has 2 aromatic rings. The van der Waals surface area contributed by atoms with Crippen LogP contribution in [0.4, 0.5) is 0 Å². The van der Waals surface area contributed by atoms with Crippen LogP contribution >= 0.6 is 12.2 Å². The Labute approximate surface area is 138 Å². The molecule has 0 spiro atoms. The van der Waals surface area contributed by atoms with E-state index in [1.54, 1.807) is 0 Å². The van der Waals surface area contributed by atoms with Gasteiger partial charge in [0.25, 0.3) is 0 Å². The molecule has 0 aromatic heterocycles. The molecule has 0 saturated carbocycles. The number of hydrogen-bond donors (Lipinski definition) is 0. The summed E-state index contributed by atoms with van der Waals surface area (Å²) in [6.45, 7) is 1.52. The van der Waals surface area contributed by atoms with Gasteiger partial charge >= 0.3 is 0 Å². The summed E-state index contributed by atoms with van der Waals surface area (Å²) in [6, 6.07) is 20.5. The first-order chi connectivity index (χ1) is 8.75. The summed E-state index contributed by atoms with van der Waals surface area (Å²) in [6.07, 6.45) is 0. The molecule has 0 bridgehead atoms. The second kappa shape index (κ2) is 8.37. The molecule has 2 aromatic carbocycles. The van der Waals surface area contributed by atoms with Crippen molar-refractivity contribution in [2.75, 3.05) is 0 Å². The van der Waals surface area contributed by atoms with Crippen LogP contribution in [-0.4, -0.2) is 9.22 Å². The molecule has 94 valence electrons. The monoisotopic (exact) mass is 336 g/mol. The minimum Gasteiger partial charge on any atom is -0.411 e. The number of rotatable bonds is 4. The van der Waals surface area contributed by atoms with E-state index in [4.69, 9.17) is 24.8 Å². The Bertz CT molecular complexity index is 461. The molecule has 0 unspecified atom stereocenters. The van der Waals surface area contributed by atoms with Gasteiger partial charge in [-0.3, -0.25) is 0 Å². The summed E-state index contributed by atoms with van der Waals surface area (Å²) in [5.41, 5.74) is 2.45. The van der Waals surface area contributed by atoms with E-state index in [0.29, 0.717) is 4.32 Å². The number of benzene rings is 2. The van der Waals surface area contributed by atoms with Crippen molar-refractivity contribution in [3.05, 3.63) is 71.8 Å². The SMILES string of the molecule is S=C([S-])N(Cc1ccccc1)Cc1ccccc1.[Zn]. The van der Waals surface area contributed by atoms with Gasteiger partial charge < -0.3 is 29.7 Å². The van der Waals surface area contributed by atoms with Crippen LogP contribution in [0.25, 0.3) is 0 Å². The van der Waals surface area contributed by atoms with Gasteiger partial charge in [-0.05, 0) is 11.1 Å². The second-order valence-corrected chi connectivity index (χ2v) is 5.12. The third-order valence-corrected chi connectivity index (χ3v) is 3.21. The fourth-order valence-electron chi connectivity index (χ4n) is 1.79. The quantitative estimate of drug-likeness (QED) is 0.477. The molecule has 0 saturated heterocycles. The van der Waals surface area contributed by atoms with Crippen molar-refractivity contribution in [3.63, 3.8) is 0 Å². The van der Waals surface area contributed by atoms with Crippen LogP contribution in [0.5, 0.6) is 0 Å². The van der Waals surface area contributed by atoms with Crippen LogP contribution in [0.2, 0.25) is 0 Å². The molecule has 4 heteroatoms. The summed E-state index contributed by atoms with van der Waals surface area (Å²) in [4.78, 5) is 2.04. The van der Waals surface area contributed by atoms with Gasteiger partial charge in [-0.2, -0.15) is 0 Å². The Morgan fingerprint density at radius 2 is 1.21 bits per heavy atom. The van der Waals surface area contributed by atoms with Crippen molar-refractivity contribution < 1.29 is 19.5 Å². The average molecular weight is 338 g/mol. The van der Waals surface area contributed by atoms with Gasteiger partial charge in [0, 0.05) is 32.6 Å². The molecule has 0 radical (unpaired) electrons. The minimum absolute atomic E-state index is 0. The van der Waals surface area contributed by atoms with E-state index >= 15 is 0 Å². The molecule has 0 heterocycles. The van der Waals surface area contributed by atoms with E-state index in [1.165, 1.54) is 11.1 Å². The number of thiocarbonyl (C=S) groups is 1. The van der Waals surface area contributed by atoms with Crippen LogP contribution in [0.1, 0.15) is 11.1 Å². The molecule has 0 fully saturated rings. The van der Waals surface area contributed by atoms with E-state index in [-0.39, 0.29) is 19.5 Å². The van der Waals surface area contributed by atoms with E-state index in [1.807, 2.05) is 41.3 Å². The summed E-state index contributed by atoms with van der Waals surface area (Å²) < 4.78 is 0.516. The zero-order chi connectivity index (χ0) is 12.8. The number of hydrogen-bond acceptors (Lipinski definition) is 2. The topological polar surface area (TPSA) is 3.24 Å². The Morgan fingerprint density at radius 1 is 0.842 bits per heavy atom. The van der Waals surface area contributed by atoms with Crippen molar-refractivity contribution in [3.8, 4) is 0 Å². The fraction of sp³-hybridized carbons (Fsp3) is 0.133. The van der Waals surface area contributed by atoms with Crippen LogP contribution in [0.15, 0.2) is 60.7 Å². The second-order valence-electron chi connectivity index (χ2n) is 4.09. The Morgan fingerprint density at radius 3 is 1.53 bits per heavy atom. The van der Waals surface area contributed by atoms with E-state index in [0.717, 1.165) is 13.1 Å². The normalized spacial score (nSPS) is 9.47. The van der Waals surface area contributed by atoms with Crippen molar-refractivity contribution >= 4 is 29.2 Å². The maximum Gasteiger partial charge on any atom is 0.0417 e. The summed E-state index contributed by atoms with van der Waals surface area (Å²) in [5, 5.41) is 0. The first kappa shape index (κ1) is 16.2. The van der Waals surface area contributed by atoms with Gasteiger partial charge in [-0.25, -0.2) is 0 Å². The van der Waals surface area contributed by atoms with E-state index in [2.05, 4.69) is 24.3 Å². The van der Waals surface area contributed by atoms with Gasteiger partial charge in [-0.15, -0.1) is 0 Å². The zero-order valence-electron chi connectivity index (χ0n) is 10.7. The molecule has 0 aliphatic carbocycles. The first-order valence-corrected chi connectivity index (χ1v) is 6.61. The molecule has 1 nitrogen and oxygen atoms in total. The molecule has 0 atom stereocenters. The van der Waals surface area contributed by atoms with Gasteiger partial charge in [-0.1, -0.05) is 65.0 Å². The van der Waals surface area contributed by atoms with Gasteiger partial charge in [0.15, 0.2) is 0 Å². The molecule has 0 aliphatic rings. The van der Waals surface area contributed by atoms with Crippen LogP contribution in [0.3, 0.4) is 0 Å². The van der Waals surface area contributed by atoms with E-state index in [9.17, 15) is 0 Å². The van der Waals surface area contributed by atoms with Crippen molar-refractivity contribution in [2.45, 2.75) is 13.1 Å². The van der Waals surface area contributed by atoms with Gasteiger partial charge in [0.1, 0.15) is 0 Å². The first-order valence-electron chi connectivity index (χ1n) is 5.79. The van der Waals surface area contributed by atoms with Gasteiger partial charge in [0.2, 0.25) is 0 Å². The molecular weight excluding hydrogens is 324 g/mol. The maximum atomic E-state index is 5.16. The Hall–Kier alpha value is -0.827. The van der Waals surface area contributed by atoms with Crippen LogP contribution in [0, 0.1) is 0 Å². The van der Waals surface area contributed by atoms with Crippen molar-refractivity contribution in [1.29, 1.82) is 0 Å². The van der Waals surface area contributed by atoms with Crippen LogP contribution in [-0.2, 0) is 45.2 Å². The van der Waals surface area contributed by atoms with Crippen molar-refractivity contribution in [1.82, 2.24) is 4.90 Å². The smallest absolute Gasteiger partial charge is 0.0417 e. The fourth-order valence-corrected chi connectivity index (χ4v) is 2.05. The van der Waals surface area contributed by atoms with Crippen LogP contribution < -0.4 is 0 Å².